The summed E-state index contributed by atoms with van der Waals surface area (Å²) in [6.07, 6.45) is 0.226. The summed E-state index contributed by atoms with van der Waals surface area (Å²) in [6, 6.07) is 19.0. The zero-order chi connectivity index (χ0) is 16.6. The number of hydrogen-bond acceptors (Lipinski definition) is 5. The number of para-hydroxylation sites is 1. The summed E-state index contributed by atoms with van der Waals surface area (Å²) in [7, 11) is 0. The van der Waals surface area contributed by atoms with Crippen LogP contribution in [0.25, 0.3) is 22.6 Å². The molecule has 1 N–H and O–H groups in total. The van der Waals surface area contributed by atoms with Crippen molar-refractivity contribution in [3.63, 3.8) is 0 Å². The second kappa shape index (κ2) is 5.62. The van der Waals surface area contributed by atoms with E-state index in [0.717, 1.165) is 16.5 Å². The van der Waals surface area contributed by atoms with Gasteiger partial charge in [0.25, 0.3) is 0 Å². The van der Waals surface area contributed by atoms with Gasteiger partial charge in [-0.15, -0.1) is 0 Å². The maximum absolute atomic E-state index is 10.7. The first kappa shape index (κ1) is 14.7. The Morgan fingerprint density at radius 1 is 1.04 bits per heavy atom. The largest absolute Gasteiger partial charge is 0.453 e. The van der Waals surface area contributed by atoms with Gasteiger partial charge in [0.15, 0.2) is 5.76 Å². The van der Waals surface area contributed by atoms with E-state index in [0.29, 0.717) is 17.5 Å². The van der Waals surface area contributed by atoms with Crippen LogP contribution < -0.4 is 0 Å². The number of aliphatic hydroxyl groups is 1. The van der Waals surface area contributed by atoms with E-state index in [2.05, 4.69) is 10.1 Å². The fraction of sp³-hybridized carbons (Fsp3) is 0.158. The molecule has 0 aliphatic carbocycles. The van der Waals surface area contributed by atoms with E-state index >= 15 is 0 Å². The third kappa shape index (κ3) is 2.70. The third-order valence-electron chi connectivity index (χ3n) is 4.01. The van der Waals surface area contributed by atoms with Crippen LogP contribution in [0.2, 0.25) is 0 Å². The van der Waals surface area contributed by atoms with Gasteiger partial charge in [-0.2, -0.15) is 4.98 Å². The lowest BCUT2D eigenvalue weighted by Gasteiger charge is -2.21. The van der Waals surface area contributed by atoms with Crippen molar-refractivity contribution in [2.45, 2.75) is 18.9 Å². The van der Waals surface area contributed by atoms with Crippen LogP contribution in [-0.4, -0.2) is 15.2 Å². The highest BCUT2D eigenvalue weighted by Gasteiger charge is 2.27. The minimum absolute atomic E-state index is 0.226. The molecular formula is C19H16N2O3. The van der Waals surface area contributed by atoms with E-state index in [1.807, 2.05) is 60.7 Å². The molecule has 24 heavy (non-hydrogen) atoms. The predicted molar refractivity (Wildman–Crippen MR) is 89.2 cm³/mol. The van der Waals surface area contributed by atoms with Crippen LogP contribution in [0.5, 0.6) is 0 Å². The molecule has 0 bridgehead atoms. The summed E-state index contributed by atoms with van der Waals surface area (Å²) in [5.41, 5.74) is 0.488. The molecule has 0 amide bonds. The lowest BCUT2D eigenvalue weighted by molar-refractivity contribution is 0.0490. The summed E-state index contributed by atoms with van der Waals surface area (Å²) >= 11 is 0. The van der Waals surface area contributed by atoms with Gasteiger partial charge in [-0.25, -0.2) is 0 Å². The number of benzene rings is 2. The molecule has 0 spiro atoms. The van der Waals surface area contributed by atoms with Crippen molar-refractivity contribution >= 4 is 11.0 Å². The number of furan rings is 1. The van der Waals surface area contributed by atoms with Crippen molar-refractivity contribution in [3.8, 4) is 11.6 Å². The summed E-state index contributed by atoms with van der Waals surface area (Å²) < 4.78 is 11.0. The zero-order valence-electron chi connectivity index (χ0n) is 13.1. The van der Waals surface area contributed by atoms with Crippen molar-refractivity contribution in [1.82, 2.24) is 10.1 Å². The molecule has 4 rings (SSSR count). The number of fused-ring (bicyclic) bond motifs is 1. The van der Waals surface area contributed by atoms with E-state index in [-0.39, 0.29) is 6.42 Å². The van der Waals surface area contributed by atoms with E-state index < -0.39 is 5.60 Å². The monoisotopic (exact) mass is 320 g/mol. The summed E-state index contributed by atoms with van der Waals surface area (Å²) in [6.45, 7) is 1.73. The molecule has 0 aliphatic rings. The molecule has 0 unspecified atom stereocenters. The molecule has 0 fully saturated rings. The van der Waals surface area contributed by atoms with Crippen LogP contribution in [0.4, 0.5) is 0 Å². The summed E-state index contributed by atoms with van der Waals surface area (Å²) in [4.78, 5) is 4.35. The SMILES string of the molecule is C[C@@](O)(Cc1nc(-c2cc3ccccc3o2)no1)c1ccccc1. The van der Waals surface area contributed by atoms with Crippen LogP contribution >= 0.6 is 0 Å². The average Bonchev–Trinajstić information content (AvgIpc) is 3.21. The lowest BCUT2D eigenvalue weighted by atomic mass is 9.93. The van der Waals surface area contributed by atoms with Crippen LogP contribution in [-0.2, 0) is 12.0 Å². The quantitative estimate of drug-likeness (QED) is 0.617. The van der Waals surface area contributed by atoms with Gasteiger partial charge in [-0.1, -0.05) is 53.7 Å². The van der Waals surface area contributed by atoms with Gasteiger partial charge in [0.1, 0.15) is 5.58 Å². The van der Waals surface area contributed by atoms with Gasteiger partial charge in [0.2, 0.25) is 11.7 Å². The molecule has 0 radical (unpaired) electrons. The average molecular weight is 320 g/mol. The van der Waals surface area contributed by atoms with E-state index in [9.17, 15) is 5.11 Å². The summed E-state index contributed by atoms with van der Waals surface area (Å²) in [5.74, 6) is 1.29. The Hall–Kier alpha value is -2.92. The minimum atomic E-state index is -1.08. The molecule has 5 heteroatoms. The molecule has 120 valence electrons. The number of rotatable bonds is 4. The van der Waals surface area contributed by atoms with Crippen molar-refractivity contribution in [3.05, 3.63) is 72.1 Å². The van der Waals surface area contributed by atoms with E-state index in [1.54, 1.807) is 6.92 Å². The Bertz CT molecular complexity index is 937. The topological polar surface area (TPSA) is 72.3 Å². The number of nitrogens with zero attached hydrogens (tertiary/aromatic N) is 2. The summed E-state index contributed by atoms with van der Waals surface area (Å²) in [5, 5.41) is 15.6. The van der Waals surface area contributed by atoms with Crippen molar-refractivity contribution in [1.29, 1.82) is 0 Å². The highest BCUT2D eigenvalue weighted by molar-refractivity contribution is 5.81. The van der Waals surface area contributed by atoms with Crippen LogP contribution in [0.3, 0.4) is 0 Å². The van der Waals surface area contributed by atoms with Gasteiger partial charge in [0.05, 0.1) is 12.0 Å². The van der Waals surface area contributed by atoms with Gasteiger partial charge in [0, 0.05) is 5.39 Å². The molecule has 1 atom stereocenters. The van der Waals surface area contributed by atoms with Gasteiger partial charge >= 0.3 is 0 Å². The highest BCUT2D eigenvalue weighted by atomic mass is 16.5. The molecule has 4 aromatic rings. The minimum Gasteiger partial charge on any atom is -0.453 e. The molecule has 0 saturated heterocycles. The Balaban J connectivity index is 1.61. The molecule has 5 nitrogen and oxygen atoms in total. The van der Waals surface area contributed by atoms with Crippen LogP contribution in [0.1, 0.15) is 18.4 Å². The second-order valence-corrected chi connectivity index (χ2v) is 5.98. The first-order chi connectivity index (χ1) is 11.6. The molecular weight excluding hydrogens is 304 g/mol. The van der Waals surface area contributed by atoms with E-state index in [4.69, 9.17) is 8.94 Å². The van der Waals surface area contributed by atoms with Crippen LogP contribution in [0.15, 0.2) is 69.6 Å². The van der Waals surface area contributed by atoms with Crippen molar-refractivity contribution in [2.75, 3.05) is 0 Å². The Morgan fingerprint density at radius 2 is 1.79 bits per heavy atom. The molecule has 2 aromatic carbocycles. The standard InChI is InChI=1S/C19H16N2O3/c1-19(22,14-8-3-2-4-9-14)12-17-20-18(21-24-17)16-11-13-7-5-6-10-15(13)23-16/h2-11,22H,12H2,1H3/t19-/m1/s1. The maximum atomic E-state index is 10.7. The highest BCUT2D eigenvalue weighted by Crippen LogP contribution is 2.28. The first-order valence-corrected chi connectivity index (χ1v) is 7.71. The first-order valence-electron chi connectivity index (χ1n) is 7.71. The van der Waals surface area contributed by atoms with Gasteiger partial charge < -0.3 is 14.0 Å². The molecule has 0 aliphatic heterocycles. The maximum Gasteiger partial charge on any atom is 0.238 e. The Labute approximate surface area is 138 Å². The third-order valence-corrected chi connectivity index (χ3v) is 4.01. The zero-order valence-corrected chi connectivity index (χ0v) is 13.1. The molecule has 2 heterocycles. The second-order valence-electron chi connectivity index (χ2n) is 5.98. The Morgan fingerprint density at radius 3 is 2.58 bits per heavy atom. The number of hydrogen-bond donors (Lipinski definition) is 1. The van der Waals surface area contributed by atoms with Gasteiger partial charge in [-0.05, 0) is 24.6 Å². The predicted octanol–water partition coefficient (Wildman–Crippen LogP) is 3.93. The molecule has 2 aromatic heterocycles. The lowest BCUT2D eigenvalue weighted by Crippen LogP contribution is -2.24. The van der Waals surface area contributed by atoms with E-state index in [1.165, 1.54) is 0 Å². The number of aromatic nitrogens is 2. The Kier molecular flexibility index (Phi) is 3.43. The van der Waals surface area contributed by atoms with Crippen molar-refractivity contribution < 1.29 is 14.0 Å². The van der Waals surface area contributed by atoms with Crippen LogP contribution in [0, 0.1) is 0 Å². The van der Waals surface area contributed by atoms with Crippen molar-refractivity contribution in [2.24, 2.45) is 0 Å². The normalized spacial score (nSPS) is 13.9. The van der Waals surface area contributed by atoms with Gasteiger partial charge in [-0.3, -0.25) is 0 Å². The fourth-order valence-corrected chi connectivity index (χ4v) is 2.71. The molecule has 0 saturated carbocycles. The fourth-order valence-electron chi connectivity index (χ4n) is 2.71. The smallest absolute Gasteiger partial charge is 0.238 e.